The van der Waals surface area contributed by atoms with Crippen LogP contribution < -0.4 is 5.32 Å². The monoisotopic (exact) mass is 248 g/mol. The minimum absolute atomic E-state index is 0.734. The Balaban J connectivity index is 1.86. The Morgan fingerprint density at radius 2 is 2.24 bits per heavy atom. The van der Waals surface area contributed by atoms with E-state index in [2.05, 4.69) is 28.5 Å². The molecule has 1 unspecified atom stereocenters. The third-order valence-corrected chi connectivity index (χ3v) is 4.10. The summed E-state index contributed by atoms with van der Waals surface area (Å²) in [6.07, 6.45) is 5.64. The maximum Gasteiger partial charge on any atom is 0.0531 e. The summed E-state index contributed by atoms with van der Waals surface area (Å²) in [5.41, 5.74) is 2.41. The van der Waals surface area contributed by atoms with Gasteiger partial charge in [-0.3, -0.25) is 0 Å². The van der Waals surface area contributed by atoms with Crippen LogP contribution in [0.15, 0.2) is 24.4 Å². The van der Waals surface area contributed by atoms with Crippen molar-refractivity contribution < 1.29 is 0 Å². The molecule has 0 saturated carbocycles. The molecule has 1 saturated heterocycles. The molecule has 1 aromatic heterocycles. The van der Waals surface area contributed by atoms with Gasteiger partial charge in [0, 0.05) is 17.1 Å². The van der Waals surface area contributed by atoms with E-state index in [4.69, 9.17) is 11.6 Å². The molecule has 17 heavy (non-hydrogen) atoms. The molecule has 2 aromatic rings. The molecule has 0 aliphatic carbocycles. The van der Waals surface area contributed by atoms with Crippen LogP contribution >= 0.6 is 11.6 Å². The van der Waals surface area contributed by atoms with Crippen molar-refractivity contribution >= 4 is 22.5 Å². The average Bonchev–Trinajstić information content (AvgIpc) is 2.83. The maximum atomic E-state index is 6.46. The van der Waals surface area contributed by atoms with Gasteiger partial charge < -0.3 is 10.3 Å². The number of hydrogen-bond acceptors (Lipinski definition) is 1. The fourth-order valence-corrected chi connectivity index (χ4v) is 3.01. The Hall–Kier alpha value is -0.990. The van der Waals surface area contributed by atoms with Crippen LogP contribution in [0.2, 0.25) is 5.02 Å². The predicted octanol–water partition coefficient (Wildman–Crippen LogP) is 3.36. The zero-order valence-corrected chi connectivity index (χ0v) is 10.6. The van der Waals surface area contributed by atoms with Gasteiger partial charge in [0.15, 0.2) is 0 Å². The highest BCUT2D eigenvalue weighted by atomic mass is 35.5. The number of fused-ring (bicyclic) bond motifs is 1. The number of hydrogen-bond donors (Lipinski definition) is 2. The first kappa shape index (κ1) is 11.1. The highest BCUT2D eigenvalue weighted by molar-refractivity contribution is 6.36. The van der Waals surface area contributed by atoms with Crippen molar-refractivity contribution in [3.63, 3.8) is 0 Å². The van der Waals surface area contributed by atoms with E-state index in [1.54, 1.807) is 0 Å². The molecule has 90 valence electrons. The van der Waals surface area contributed by atoms with Gasteiger partial charge in [-0.1, -0.05) is 17.7 Å². The molecule has 0 bridgehead atoms. The van der Waals surface area contributed by atoms with Gasteiger partial charge >= 0.3 is 0 Å². The molecule has 1 aliphatic heterocycles. The van der Waals surface area contributed by atoms with Crippen molar-refractivity contribution in [2.24, 2.45) is 5.92 Å². The second-order valence-corrected chi connectivity index (χ2v) is 5.27. The Kier molecular flexibility index (Phi) is 3.08. The van der Waals surface area contributed by atoms with Gasteiger partial charge in [-0.2, -0.15) is 0 Å². The van der Waals surface area contributed by atoms with Crippen molar-refractivity contribution in [1.82, 2.24) is 10.3 Å². The van der Waals surface area contributed by atoms with Crippen molar-refractivity contribution in [3.8, 4) is 0 Å². The van der Waals surface area contributed by atoms with Gasteiger partial charge in [0.05, 0.1) is 5.02 Å². The van der Waals surface area contributed by atoms with Gasteiger partial charge in [-0.05, 0) is 56.0 Å². The molecule has 0 amide bonds. The number of aromatic nitrogens is 1. The molecule has 1 fully saturated rings. The van der Waals surface area contributed by atoms with E-state index < -0.39 is 0 Å². The van der Waals surface area contributed by atoms with E-state index in [9.17, 15) is 0 Å². The Labute approximate surface area is 106 Å². The summed E-state index contributed by atoms with van der Waals surface area (Å²) >= 11 is 6.46. The third-order valence-electron chi connectivity index (χ3n) is 3.66. The van der Waals surface area contributed by atoms with E-state index >= 15 is 0 Å². The second kappa shape index (κ2) is 4.71. The highest BCUT2D eigenvalue weighted by Crippen LogP contribution is 2.29. The molecule has 2 heterocycles. The van der Waals surface area contributed by atoms with Gasteiger partial charge in [0.2, 0.25) is 0 Å². The highest BCUT2D eigenvalue weighted by Gasteiger charge is 2.15. The largest absolute Gasteiger partial charge is 0.361 e. The molecule has 2 N–H and O–H groups in total. The Bertz CT molecular complexity index is 512. The van der Waals surface area contributed by atoms with Crippen LogP contribution in [0.5, 0.6) is 0 Å². The van der Waals surface area contributed by atoms with Crippen LogP contribution in [0.3, 0.4) is 0 Å². The molecule has 2 nitrogen and oxygen atoms in total. The van der Waals surface area contributed by atoms with Crippen LogP contribution in [0, 0.1) is 5.92 Å². The van der Waals surface area contributed by atoms with E-state index in [0.29, 0.717) is 0 Å². The van der Waals surface area contributed by atoms with E-state index in [0.717, 1.165) is 34.8 Å². The second-order valence-electron chi connectivity index (χ2n) is 4.89. The summed E-state index contributed by atoms with van der Waals surface area (Å²) in [4.78, 5) is 3.19. The lowest BCUT2D eigenvalue weighted by Crippen LogP contribution is -2.30. The summed E-state index contributed by atoms with van der Waals surface area (Å²) in [5, 5.41) is 5.53. The first-order valence-corrected chi connectivity index (χ1v) is 6.67. The number of nitrogens with one attached hydrogen (secondary N) is 2. The van der Waals surface area contributed by atoms with Crippen molar-refractivity contribution in [3.05, 3.63) is 35.0 Å². The standard InChI is InChI=1S/C14H17ClN2/c15-14-11(8-10-2-1-6-16-9-10)3-4-13-12(14)5-7-17-13/h3-5,7,10,16-17H,1-2,6,8-9H2. The topological polar surface area (TPSA) is 27.8 Å². The zero-order chi connectivity index (χ0) is 11.7. The number of piperidine rings is 1. The summed E-state index contributed by atoms with van der Waals surface area (Å²) in [6, 6.07) is 6.35. The third kappa shape index (κ3) is 2.20. The first-order valence-electron chi connectivity index (χ1n) is 6.30. The summed E-state index contributed by atoms with van der Waals surface area (Å²) in [7, 11) is 0. The van der Waals surface area contributed by atoms with E-state index in [1.807, 2.05) is 6.20 Å². The van der Waals surface area contributed by atoms with Crippen molar-refractivity contribution in [1.29, 1.82) is 0 Å². The Morgan fingerprint density at radius 3 is 3.06 bits per heavy atom. The lowest BCUT2D eigenvalue weighted by atomic mass is 9.92. The van der Waals surface area contributed by atoms with Crippen molar-refractivity contribution in [2.75, 3.05) is 13.1 Å². The lowest BCUT2D eigenvalue weighted by Gasteiger charge is -2.23. The fraction of sp³-hybridized carbons (Fsp3) is 0.429. The number of benzene rings is 1. The predicted molar refractivity (Wildman–Crippen MR) is 72.6 cm³/mol. The van der Waals surface area contributed by atoms with E-state index in [1.165, 1.54) is 24.9 Å². The van der Waals surface area contributed by atoms with Crippen LogP contribution in [-0.2, 0) is 6.42 Å². The molecule has 0 spiro atoms. The lowest BCUT2D eigenvalue weighted by molar-refractivity contribution is 0.376. The molecular formula is C14H17ClN2. The van der Waals surface area contributed by atoms with Gasteiger partial charge in [-0.25, -0.2) is 0 Å². The summed E-state index contributed by atoms with van der Waals surface area (Å²) in [5.74, 6) is 0.734. The summed E-state index contributed by atoms with van der Waals surface area (Å²) in [6.45, 7) is 2.29. The van der Waals surface area contributed by atoms with Crippen molar-refractivity contribution in [2.45, 2.75) is 19.3 Å². The van der Waals surface area contributed by atoms with Crippen LogP contribution in [-0.4, -0.2) is 18.1 Å². The normalized spacial score (nSPS) is 20.9. The number of halogens is 1. The number of rotatable bonds is 2. The smallest absolute Gasteiger partial charge is 0.0531 e. The average molecular weight is 249 g/mol. The molecule has 1 aromatic carbocycles. The SMILES string of the molecule is Clc1c(CC2CCCNC2)ccc2[nH]ccc12. The van der Waals surface area contributed by atoms with Gasteiger partial charge in [0.1, 0.15) is 0 Å². The molecule has 3 rings (SSSR count). The molecular weight excluding hydrogens is 232 g/mol. The minimum Gasteiger partial charge on any atom is -0.361 e. The fourth-order valence-electron chi connectivity index (χ4n) is 2.71. The molecule has 1 atom stereocenters. The quantitative estimate of drug-likeness (QED) is 0.838. The zero-order valence-electron chi connectivity index (χ0n) is 9.80. The van der Waals surface area contributed by atoms with Crippen LogP contribution in [0.25, 0.3) is 10.9 Å². The number of aromatic amines is 1. The maximum absolute atomic E-state index is 6.46. The van der Waals surface area contributed by atoms with Gasteiger partial charge in [0.25, 0.3) is 0 Å². The van der Waals surface area contributed by atoms with E-state index in [-0.39, 0.29) is 0 Å². The first-order chi connectivity index (χ1) is 8.34. The molecule has 3 heteroatoms. The molecule has 0 radical (unpaired) electrons. The molecule has 1 aliphatic rings. The Morgan fingerprint density at radius 1 is 1.29 bits per heavy atom. The minimum atomic E-state index is 0.734. The number of H-pyrrole nitrogens is 1. The van der Waals surface area contributed by atoms with Gasteiger partial charge in [-0.15, -0.1) is 0 Å². The summed E-state index contributed by atoms with van der Waals surface area (Å²) < 4.78 is 0. The van der Waals surface area contributed by atoms with Crippen LogP contribution in [0.1, 0.15) is 18.4 Å². The van der Waals surface area contributed by atoms with Crippen LogP contribution in [0.4, 0.5) is 0 Å².